The van der Waals surface area contributed by atoms with Gasteiger partial charge in [-0.15, -0.1) is 0 Å². The van der Waals surface area contributed by atoms with Gasteiger partial charge in [-0.3, -0.25) is 29.2 Å². The van der Waals surface area contributed by atoms with Crippen LogP contribution in [0.3, 0.4) is 0 Å². The molecule has 1 heterocycles. The first-order chi connectivity index (χ1) is 22.3. The molecule has 0 saturated heterocycles. The predicted octanol–water partition coefficient (Wildman–Crippen LogP) is 1.69. The van der Waals surface area contributed by atoms with E-state index in [4.69, 9.17) is 19.4 Å². The molecule has 0 unspecified atom stereocenters. The summed E-state index contributed by atoms with van der Waals surface area (Å²) in [7, 11) is 0. The van der Waals surface area contributed by atoms with Crippen LogP contribution in [0.1, 0.15) is 73.3 Å². The number of carboxylic acids is 3. The minimum absolute atomic E-state index is 0.0966. The molecule has 0 aliphatic rings. The van der Waals surface area contributed by atoms with Crippen molar-refractivity contribution in [1.29, 1.82) is 0 Å². The van der Waals surface area contributed by atoms with Gasteiger partial charge in [-0.05, 0) is 37.1 Å². The first-order valence-electron chi connectivity index (χ1n) is 14.6. The number of unbranched alkanes of at least 4 members (excludes halogenated alkanes) is 2. The summed E-state index contributed by atoms with van der Waals surface area (Å²) in [6.45, 7) is 2.56. The molecule has 1 aromatic carbocycles. The summed E-state index contributed by atoms with van der Waals surface area (Å²) in [5.74, 6) is -7.75. The SMILES string of the molecule is CCCCC[C@@H](C(=O)NCNC(=O)c1ccc(-c2ccc(C(=O)N[C@@H](CC(=O)O)C(=O)O)c(OCC(=O)O)c2)o1)[C@@H](CC)N(O)C=O. The van der Waals surface area contributed by atoms with E-state index >= 15 is 0 Å². The highest BCUT2D eigenvalue weighted by molar-refractivity contribution is 6.00. The molecule has 0 fully saturated rings. The molecule has 0 aliphatic carbocycles. The number of benzene rings is 1. The lowest BCUT2D eigenvalue weighted by atomic mass is 9.90. The van der Waals surface area contributed by atoms with E-state index in [2.05, 4.69) is 16.0 Å². The van der Waals surface area contributed by atoms with Crippen LogP contribution in [0, 0.1) is 5.92 Å². The summed E-state index contributed by atoms with van der Waals surface area (Å²) in [6, 6.07) is 3.95. The van der Waals surface area contributed by atoms with Crippen molar-refractivity contribution in [2.75, 3.05) is 13.3 Å². The van der Waals surface area contributed by atoms with Gasteiger partial charge in [0.2, 0.25) is 12.3 Å². The van der Waals surface area contributed by atoms with Crippen LogP contribution in [-0.2, 0) is 24.0 Å². The van der Waals surface area contributed by atoms with E-state index in [-0.39, 0.29) is 41.5 Å². The third kappa shape index (κ3) is 11.4. The monoisotopic (exact) mass is 662 g/mol. The second-order valence-corrected chi connectivity index (χ2v) is 10.3. The average molecular weight is 663 g/mol. The lowest BCUT2D eigenvalue weighted by Gasteiger charge is -2.29. The van der Waals surface area contributed by atoms with Gasteiger partial charge in [0.25, 0.3) is 11.8 Å². The maximum absolute atomic E-state index is 12.9. The lowest BCUT2D eigenvalue weighted by molar-refractivity contribution is -0.168. The van der Waals surface area contributed by atoms with E-state index < -0.39 is 66.7 Å². The van der Waals surface area contributed by atoms with Crippen LogP contribution < -0.4 is 20.7 Å². The fraction of sp³-hybridized carbons (Fsp3) is 0.433. The summed E-state index contributed by atoms with van der Waals surface area (Å²) in [4.78, 5) is 83.0. The molecule has 4 amide bonds. The Labute approximate surface area is 268 Å². The standard InChI is InChI=1S/C30H38N4O13/c1-3-5-6-7-18(21(4-2)34(45)16-35)27(40)31-15-32-29(42)23-11-10-22(47-23)17-8-9-19(24(12-17)46-14-26(38)39)28(41)33-20(30(43)44)13-25(36)37/h8-12,16,18,20-21,45H,3-7,13-15H2,1-2H3,(H,31,40)(H,32,42)(H,33,41)(H,36,37)(H,38,39)(H,43,44)/t18-,20+,21-/m1/s1. The second-order valence-electron chi connectivity index (χ2n) is 10.3. The van der Waals surface area contributed by atoms with E-state index in [0.29, 0.717) is 24.3 Å². The van der Waals surface area contributed by atoms with Gasteiger partial charge < -0.3 is 40.4 Å². The quantitative estimate of drug-likeness (QED) is 0.0330. The zero-order valence-electron chi connectivity index (χ0n) is 25.8. The van der Waals surface area contributed by atoms with Crippen molar-refractivity contribution in [3.05, 3.63) is 41.7 Å². The topological polar surface area (TPSA) is 262 Å². The summed E-state index contributed by atoms with van der Waals surface area (Å²) in [6.07, 6.45) is 2.52. The Morgan fingerprint density at radius 1 is 0.957 bits per heavy atom. The van der Waals surface area contributed by atoms with Crippen molar-refractivity contribution in [2.24, 2.45) is 5.92 Å². The molecule has 2 aromatic rings. The highest BCUT2D eigenvalue weighted by Gasteiger charge is 2.31. The first-order valence-corrected chi connectivity index (χ1v) is 14.6. The van der Waals surface area contributed by atoms with E-state index in [1.165, 1.54) is 30.3 Å². The van der Waals surface area contributed by atoms with Crippen LogP contribution in [0.2, 0.25) is 0 Å². The molecular weight excluding hydrogens is 624 g/mol. The Bertz CT molecular complexity index is 1440. The van der Waals surface area contributed by atoms with E-state index in [0.717, 1.165) is 12.8 Å². The van der Waals surface area contributed by atoms with Crippen molar-refractivity contribution in [3.8, 4) is 17.1 Å². The van der Waals surface area contributed by atoms with Crippen molar-refractivity contribution >= 4 is 42.0 Å². The van der Waals surface area contributed by atoms with E-state index in [9.17, 15) is 43.9 Å². The number of nitrogens with one attached hydrogen (secondary N) is 3. The molecule has 2 rings (SSSR count). The molecule has 17 heteroatoms. The maximum atomic E-state index is 12.9. The van der Waals surface area contributed by atoms with E-state index in [1.54, 1.807) is 6.92 Å². The number of hydrogen-bond acceptors (Lipinski definition) is 10. The number of carbonyl (C=O) groups is 7. The fourth-order valence-corrected chi connectivity index (χ4v) is 4.62. The summed E-state index contributed by atoms with van der Waals surface area (Å²) >= 11 is 0. The number of furan rings is 1. The Morgan fingerprint density at radius 2 is 1.68 bits per heavy atom. The van der Waals surface area contributed by atoms with Crippen molar-refractivity contribution in [3.63, 3.8) is 0 Å². The van der Waals surface area contributed by atoms with Crippen LogP contribution in [0.4, 0.5) is 0 Å². The van der Waals surface area contributed by atoms with Gasteiger partial charge in [0, 0.05) is 5.56 Å². The number of rotatable bonds is 21. The van der Waals surface area contributed by atoms with Crippen LogP contribution in [0.25, 0.3) is 11.3 Å². The summed E-state index contributed by atoms with van der Waals surface area (Å²) in [5, 5.41) is 44.8. The van der Waals surface area contributed by atoms with Crippen molar-refractivity contribution < 1.29 is 63.2 Å². The predicted molar refractivity (Wildman–Crippen MR) is 160 cm³/mol. The number of nitrogens with zero attached hydrogens (tertiary/aromatic N) is 1. The number of hydrogen-bond donors (Lipinski definition) is 7. The molecule has 256 valence electrons. The van der Waals surface area contributed by atoms with Crippen LogP contribution >= 0.6 is 0 Å². The minimum Gasteiger partial charge on any atom is -0.481 e. The van der Waals surface area contributed by atoms with E-state index in [1.807, 2.05) is 6.92 Å². The van der Waals surface area contributed by atoms with Crippen molar-refractivity contribution in [1.82, 2.24) is 21.0 Å². The lowest BCUT2D eigenvalue weighted by Crippen LogP contribution is -2.47. The number of carboxylic acid groups (broad SMARTS) is 3. The van der Waals surface area contributed by atoms with Gasteiger partial charge in [-0.25, -0.2) is 14.7 Å². The van der Waals surface area contributed by atoms with Gasteiger partial charge in [0.15, 0.2) is 12.4 Å². The Morgan fingerprint density at radius 3 is 2.28 bits per heavy atom. The number of hydroxylamine groups is 2. The average Bonchev–Trinajstić information content (AvgIpc) is 3.53. The molecule has 0 spiro atoms. The highest BCUT2D eigenvalue weighted by atomic mass is 16.5. The number of amides is 4. The smallest absolute Gasteiger partial charge is 0.341 e. The minimum atomic E-state index is -1.77. The van der Waals surface area contributed by atoms with Gasteiger partial charge in [0.05, 0.1) is 30.6 Å². The summed E-state index contributed by atoms with van der Waals surface area (Å²) in [5.41, 5.74) is -0.0541. The van der Waals surface area contributed by atoms with Gasteiger partial charge in [0.1, 0.15) is 17.6 Å². The fourth-order valence-electron chi connectivity index (χ4n) is 4.62. The third-order valence-corrected chi connectivity index (χ3v) is 6.97. The van der Waals surface area contributed by atoms with Crippen molar-refractivity contribution in [2.45, 2.75) is 64.5 Å². The molecule has 1 aromatic heterocycles. The van der Waals surface area contributed by atoms with Crippen LogP contribution in [0.5, 0.6) is 5.75 Å². The highest BCUT2D eigenvalue weighted by Crippen LogP contribution is 2.29. The summed E-state index contributed by atoms with van der Waals surface area (Å²) < 4.78 is 10.8. The molecule has 7 N–H and O–H groups in total. The Kier molecular flexibility index (Phi) is 14.9. The molecule has 17 nitrogen and oxygen atoms in total. The number of ether oxygens (including phenoxy) is 1. The van der Waals surface area contributed by atoms with Gasteiger partial charge >= 0.3 is 17.9 Å². The molecule has 3 atom stereocenters. The molecule has 0 aliphatic heterocycles. The van der Waals surface area contributed by atoms with Crippen LogP contribution in [-0.4, -0.2) is 93.0 Å². The first kappa shape index (κ1) is 37.7. The molecule has 0 saturated carbocycles. The third-order valence-electron chi connectivity index (χ3n) is 6.97. The van der Waals surface area contributed by atoms with Gasteiger partial charge in [-0.1, -0.05) is 39.2 Å². The van der Waals surface area contributed by atoms with Crippen LogP contribution in [0.15, 0.2) is 34.7 Å². The van der Waals surface area contributed by atoms with Gasteiger partial charge in [-0.2, -0.15) is 0 Å². The maximum Gasteiger partial charge on any atom is 0.341 e. The molecular formula is C30H38N4O13. The Balaban J connectivity index is 2.17. The molecule has 0 bridgehead atoms. The number of carbonyl (C=O) groups excluding carboxylic acids is 4. The zero-order valence-corrected chi connectivity index (χ0v) is 25.8. The number of aliphatic carboxylic acids is 3. The Hall–Kier alpha value is -5.45. The largest absolute Gasteiger partial charge is 0.481 e. The molecule has 0 radical (unpaired) electrons. The zero-order chi connectivity index (χ0) is 35.1. The normalized spacial score (nSPS) is 12.6. The molecule has 47 heavy (non-hydrogen) atoms. The second kappa shape index (κ2) is 18.5.